The molecule has 0 aromatic heterocycles. The predicted molar refractivity (Wildman–Crippen MR) is 69.9 cm³/mol. The summed E-state index contributed by atoms with van der Waals surface area (Å²) in [7, 11) is 0. The van der Waals surface area contributed by atoms with Crippen molar-refractivity contribution in [2.24, 2.45) is 0 Å². The van der Waals surface area contributed by atoms with E-state index in [0.717, 1.165) is 11.3 Å². The third-order valence-electron chi connectivity index (χ3n) is 3.27. The van der Waals surface area contributed by atoms with Gasteiger partial charge < -0.3 is 10.4 Å². The van der Waals surface area contributed by atoms with Crippen molar-refractivity contribution in [3.05, 3.63) is 29.3 Å². The highest BCUT2D eigenvalue weighted by molar-refractivity contribution is 5.60. The number of anilines is 1. The number of aliphatic hydroxyl groups is 1. The van der Waals surface area contributed by atoms with Crippen molar-refractivity contribution in [1.82, 2.24) is 0 Å². The van der Waals surface area contributed by atoms with Gasteiger partial charge in [-0.3, -0.25) is 0 Å². The summed E-state index contributed by atoms with van der Waals surface area (Å²) in [5.41, 5.74) is 1.03. The molecule has 17 heavy (non-hydrogen) atoms. The maximum Gasteiger partial charge on any atom is 0.101 e. The Kier molecular flexibility index (Phi) is 3.49. The summed E-state index contributed by atoms with van der Waals surface area (Å²) < 4.78 is 0. The van der Waals surface area contributed by atoms with Crippen molar-refractivity contribution in [3.8, 4) is 6.07 Å². The molecule has 0 aliphatic heterocycles. The van der Waals surface area contributed by atoms with Gasteiger partial charge in [-0.2, -0.15) is 5.26 Å². The number of benzene rings is 1. The molecule has 3 nitrogen and oxygen atoms in total. The van der Waals surface area contributed by atoms with Crippen LogP contribution in [0.1, 0.15) is 38.8 Å². The highest BCUT2D eigenvalue weighted by Gasteiger charge is 2.35. The molecule has 0 aliphatic rings. The molecule has 0 heterocycles. The van der Waals surface area contributed by atoms with Crippen LogP contribution in [0.5, 0.6) is 0 Å². The Hall–Kier alpha value is -1.53. The van der Waals surface area contributed by atoms with Crippen LogP contribution in [0.3, 0.4) is 0 Å². The van der Waals surface area contributed by atoms with Gasteiger partial charge in [-0.1, -0.05) is 6.07 Å². The van der Waals surface area contributed by atoms with Gasteiger partial charge in [-0.05, 0) is 52.3 Å². The molecule has 0 unspecified atom stereocenters. The zero-order valence-corrected chi connectivity index (χ0v) is 11.1. The first-order chi connectivity index (χ1) is 7.67. The summed E-state index contributed by atoms with van der Waals surface area (Å²) in [6, 6.07) is 7.77. The maximum atomic E-state index is 10.1. The summed E-state index contributed by atoms with van der Waals surface area (Å²) in [6.07, 6.45) is 0. The summed E-state index contributed by atoms with van der Waals surface area (Å²) >= 11 is 0. The fourth-order valence-electron chi connectivity index (χ4n) is 1.35. The van der Waals surface area contributed by atoms with E-state index in [1.165, 1.54) is 0 Å². The Bertz CT molecular complexity index is 450. The van der Waals surface area contributed by atoms with Crippen molar-refractivity contribution < 1.29 is 5.11 Å². The number of hydrogen-bond acceptors (Lipinski definition) is 3. The minimum Gasteiger partial charge on any atom is -0.388 e. The van der Waals surface area contributed by atoms with E-state index >= 15 is 0 Å². The fourth-order valence-corrected chi connectivity index (χ4v) is 1.35. The van der Waals surface area contributed by atoms with Crippen LogP contribution in [0.2, 0.25) is 0 Å². The standard InChI is InChI=1S/C14H20N2O/c1-10-6-7-11(9-15)12(8-10)16-13(2,3)14(4,5)17/h6-8,16-17H,1-5H3. The molecule has 0 fully saturated rings. The van der Waals surface area contributed by atoms with Crippen molar-refractivity contribution in [2.45, 2.75) is 45.8 Å². The van der Waals surface area contributed by atoms with Gasteiger partial charge in [0.05, 0.1) is 22.4 Å². The third-order valence-corrected chi connectivity index (χ3v) is 3.27. The third kappa shape index (κ3) is 2.98. The van der Waals surface area contributed by atoms with E-state index in [1.54, 1.807) is 19.9 Å². The summed E-state index contributed by atoms with van der Waals surface area (Å²) in [5, 5.41) is 22.4. The van der Waals surface area contributed by atoms with Gasteiger partial charge in [0.1, 0.15) is 6.07 Å². The van der Waals surface area contributed by atoms with Gasteiger partial charge in [0.2, 0.25) is 0 Å². The summed E-state index contributed by atoms with van der Waals surface area (Å²) in [4.78, 5) is 0. The van der Waals surface area contributed by atoms with E-state index < -0.39 is 11.1 Å². The van der Waals surface area contributed by atoms with E-state index in [4.69, 9.17) is 5.26 Å². The van der Waals surface area contributed by atoms with E-state index in [-0.39, 0.29) is 0 Å². The van der Waals surface area contributed by atoms with E-state index in [9.17, 15) is 5.11 Å². The van der Waals surface area contributed by atoms with Crippen LogP contribution in [-0.4, -0.2) is 16.2 Å². The SMILES string of the molecule is Cc1ccc(C#N)c(NC(C)(C)C(C)(C)O)c1. The van der Waals surface area contributed by atoms with Crippen molar-refractivity contribution >= 4 is 5.69 Å². The van der Waals surface area contributed by atoms with Crippen LogP contribution < -0.4 is 5.32 Å². The molecular weight excluding hydrogens is 212 g/mol. The van der Waals surface area contributed by atoms with Crippen molar-refractivity contribution in [2.75, 3.05) is 5.32 Å². The number of nitrogens with one attached hydrogen (secondary N) is 1. The molecule has 0 aliphatic carbocycles. The first-order valence-corrected chi connectivity index (χ1v) is 5.69. The monoisotopic (exact) mass is 232 g/mol. The fraction of sp³-hybridized carbons (Fsp3) is 0.500. The quantitative estimate of drug-likeness (QED) is 0.842. The molecule has 0 saturated heterocycles. The molecular formula is C14H20N2O. The second-order valence-electron chi connectivity index (χ2n) is 5.47. The highest BCUT2D eigenvalue weighted by Crippen LogP contribution is 2.28. The molecule has 1 aromatic rings. The number of nitrogens with zero attached hydrogens (tertiary/aromatic N) is 1. The van der Waals surface area contributed by atoms with Gasteiger partial charge >= 0.3 is 0 Å². The second kappa shape index (κ2) is 4.38. The van der Waals surface area contributed by atoms with Crippen molar-refractivity contribution in [3.63, 3.8) is 0 Å². The Morgan fingerprint density at radius 3 is 2.29 bits per heavy atom. The molecule has 0 saturated carbocycles. The van der Waals surface area contributed by atoms with Crippen LogP contribution in [0.25, 0.3) is 0 Å². The molecule has 0 amide bonds. The topological polar surface area (TPSA) is 56.0 Å². The van der Waals surface area contributed by atoms with Gasteiger partial charge in [0.25, 0.3) is 0 Å². The first-order valence-electron chi connectivity index (χ1n) is 5.69. The Morgan fingerprint density at radius 1 is 1.24 bits per heavy atom. The number of nitriles is 1. The van der Waals surface area contributed by atoms with Crippen LogP contribution in [0, 0.1) is 18.3 Å². The van der Waals surface area contributed by atoms with E-state index in [0.29, 0.717) is 5.56 Å². The normalized spacial score (nSPS) is 12.1. The van der Waals surface area contributed by atoms with Gasteiger partial charge in [0, 0.05) is 0 Å². The molecule has 92 valence electrons. The minimum absolute atomic E-state index is 0.521. The zero-order chi connectivity index (χ0) is 13.3. The smallest absolute Gasteiger partial charge is 0.101 e. The number of aryl methyl sites for hydroxylation is 1. The molecule has 0 atom stereocenters. The first kappa shape index (κ1) is 13.5. The van der Waals surface area contributed by atoms with Crippen LogP contribution in [0.15, 0.2) is 18.2 Å². The lowest BCUT2D eigenvalue weighted by atomic mass is 9.85. The predicted octanol–water partition coefficient (Wildman–Crippen LogP) is 2.83. The Balaban J connectivity index is 3.12. The van der Waals surface area contributed by atoms with Gasteiger partial charge in [-0.15, -0.1) is 0 Å². The molecule has 3 heteroatoms. The molecule has 1 aromatic carbocycles. The molecule has 0 bridgehead atoms. The van der Waals surface area contributed by atoms with Gasteiger partial charge in [-0.25, -0.2) is 0 Å². The highest BCUT2D eigenvalue weighted by atomic mass is 16.3. The lowest BCUT2D eigenvalue weighted by Gasteiger charge is -2.39. The van der Waals surface area contributed by atoms with Crippen molar-refractivity contribution in [1.29, 1.82) is 5.26 Å². The molecule has 0 spiro atoms. The van der Waals surface area contributed by atoms with Crippen LogP contribution in [0.4, 0.5) is 5.69 Å². The maximum absolute atomic E-state index is 10.1. The molecule has 1 rings (SSSR count). The average molecular weight is 232 g/mol. The molecule has 0 radical (unpaired) electrons. The minimum atomic E-state index is -0.885. The number of rotatable bonds is 3. The largest absolute Gasteiger partial charge is 0.388 e. The average Bonchev–Trinajstić information content (AvgIpc) is 2.15. The van der Waals surface area contributed by atoms with Crippen LogP contribution in [-0.2, 0) is 0 Å². The van der Waals surface area contributed by atoms with Gasteiger partial charge in [0.15, 0.2) is 0 Å². The second-order valence-corrected chi connectivity index (χ2v) is 5.47. The van der Waals surface area contributed by atoms with E-state index in [1.807, 2.05) is 32.9 Å². The molecule has 2 N–H and O–H groups in total. The lowest BCUT2D eigenvalue weighted by Crippen LogP contribution is -2.51. The van der Waals surface area contributed by atoms with Crippen LogP contribution >= 0.6 is 0 Å². The zero-order valence-electron chi connectivity index (χ0n) is 11.1. The Labute approximate surface area is 103 Å². The lowest BCUT2D eigenvalue weighted by molar-refractivity contribution is 0.0240. The Morgan fingerprint density at radius 2 is 1.82 bits per heavy atom. The number of hydrogen-bond donors (Lipinski definition) is 2. The summed E-state index contributed by atoms with van der Waals surface area (Å²) in [5.74, 6) is 0. The summed E-state index contributed by atoms with van der Waals surface area (Å²) in [6.45, 7) is 9.31. The van der Waals surface area contributed by atoms with E-state index in [2.05, 4.69) is 11.4 Å².